The van der Waals surface area contributed by atoms with E-state index in [0.29, 0.717) is 16.5 Å². The molecule has 5 atom stereocenters. The first-order valence-electron chi connectivity index (χ1n) is 12.6. The number of benzene rings is 2. The standard InChI is InChI=1S/C27H33Cl2N2O5PS/c1-3-21(16-30(22-11-12-22)38(2,35)36)31-25(17-7-9-19(28)10-8-17)23(18-5-4-6-20(29)13-18)14-27(37,26(31)34)15-24(32)33/h4-10,13,21-23,25H,3,11-12,14-16,37H2,1-2H3,(H,32,33)/t21?,23-,25?,27+/m1/s1. The summed E-state index contributed by atoms with van der Waals surface area (Å²) in [5, 5.41) is 9.59. The van der Waals surface area contributed by atoms with Crippen molar-refractivity contribution in [1.82, 2.24) is 9.21 Å². The zero-order chi connectivity index (χ0) is 27.8. The molecule has 38 heavy (non-hydrogen) atoms. The van der Waals surface area contributed by atoms with Gasteiger partial charge < -0.3 is 10.0 Å². The molecule has 2 aromatic rings. The number of aliphatic carboxylic acids is 1. The molecule has 3 unspecified atom stereocenters. The first-order chi connectivity index (χ1) is 17.8. The van der Waals surface area contributed by atoms with Gasteiger partial charge in [0, 0.05) is 34.6 Å². The van der Waals surface area contributed by atoms with Gasteiger partial charge in [-0.25, -0.2) is 8.42 Å². The maximum atomic E-state index is 14.3. The highest BCUT2D eigenvalue weighted by Gasteiger charge is 2.53. The van der Waals surface area contributed by atoms with E-state index >= 15 is 0 Å². The molecule has 4 rings (SSSR count). The van der Waals surface area contributed by atoms with Crippen LogP contribution in [0.3, 0.4) is 0 Å². The van der Waals surface area contributed by atoms with Gasteiger partial charge in [0.1, 0.15) is 0 Å². The SMILES string of the molecule is CCC(CN(C1CC1)S(C)(=O)=O)N1C(=O)[C@@](P)(CC(=O)O)C[C@H](c2cccc(Cl)c2)C1c1ccc(Cl)cc1. The first kappa shape index (κ1) is 29.3. The second kappa shape index (κ2) is 11.4. The molecule has 0 spiro atoms. The Morgan fingerprint density at radius 1 is 1.16 bits per heavy atom. The molecule has 7 nitrogen and oxygen atoms in total. The Morgan fingerprint density at radius 3 is 2.34 bits per heavy atom. The van der Waals surface area contributed by atoms with Crippen LogP contribution in [0.5, 0.6) is 0 Å². The number of piperidine rings is 1. The third kappa shape index (κ3) is 6.37. The van der Waals surface area contributed by atoms with E-state index in [9.17, 15) is 23.1 Å². The van der Waals surface area contributed by atoms with E-state index in [4.69, 9.17) is 23.2 Å². The molecule has 1 saturated carbocycles. The Kier molecular flexibility index (Phi) is 8.80. The summed E-state index contributed by atoms with van der Waals surface area (Å²) in [7, 11) is -0.982. The van der Waals surface area contributed by atoms with Gasteiger partial charge in [-0.1, -0.05) is 54.4 Å². The zero-order valence-electron chi connectivity index (χ0n) is 21.4. The topological polar surface area (TPSA) is 95.0 Å². The summed E-state index contributed by atoms with van der Waals surface area (Å²) in [6, 6.07) is 13.7. The lowest BCUT2D eigenvalue weighted by Gasteiger charge is -2.52. The van der Waals surface area contributed by atoms with Crippen LogP contribution < -0.4 is 0 Å². The molecule has 0 aromatic heterocycles. The van der Waals surface area contributed by atoms with Crippen LogP contribution in [-0.2, 0) is 19.6 Å². The van der Waals surface area contributed by atoms with Gasteiger partial charge in [0.15, 0.2) is 0 Å². The highest BCUT2D eigenvalue weighted by molar-refractivity contribution is 7.88. The van der Waals surface area contributed by atoms with Gasteiger partial charge in [-0.05, 0) is 61.1 Å². The van der Waals surface area contributed by atoms with Crippen LogP contribution in [-0.4, -0.2) is 64.6 Å². The molecule has 1 aliphatic carbocycles. The van der Waals surface area contributed by atoms with Gasteiger partial charge in [0.05, 0.1) is 23.9 Å². The number of hydrogen-bond donors (Lipinski definition) is 1. The molecule has 2 fully saturated rings. The Hall–Kier alpha value is -1.70. The number of amides is 1. The monoisotopic (exact) mass is 598 g/mol. The van der Waals surface area contributed by atoms with Crippen LogP contribution in [0.2, 0.25) is 10.0 Å². The molecule has 0 bridgehead atoms. The molecular weight excluding hydrogens is 566 g/mol. The Bertz CT molecular complexity index is 1300. The Balaban J connectivity index is 1.89. The number of carboxylic acid groups (broad SMARTS) is 1. The molecule has 1 saturated heterocycles. The minimum absolute atomic E-state index is 0.0728. The van der Waals surface area contributed by atoms with Crippen LogP contribution >= 0.6 is 32.4 Å². The summed E-state index contributed by atoms with van der Waals surface area (Å²) in [5.74, 6) is -1.70. The van der Waals surface area contributed by atoms with Crippen molar-refractivity contribution >= 4 is 54.3 Å². The van der Waals surface area contributed by atoms with Crippen LogP contribution in [0.4, 0.5) is 0 Å². The molecule has 1 heterocycles. The summed E-state index contributed by atoms with van der Waals surface area (Å²) < 4.78 is 26.9. The highest BCUT2D eigenvalue weighted by atomic mass is 35.5. The largest absolute Gasteiger partial charge is 0.481 e. The fourth-order valence-electron chi connectivity index (χ4n) is 5.61. The van der Waals surface area contributed by atoms with Crippen LogP contribution in [0.1, 0.15) is 62.1 Å². The summed E-state index contributed by atoms with van der Waals surface area (Å²) >= 11 is 12.6. The Labute approximate surface area is 236 Å². The van der Waals surface area contributed by atoms with E-state index in [-0.39, 0.29) is 37.3 Å². The number of hydrogen-bond acceptors (Lipinski definition) is 4. The third-order valence-corrected chi connectivity index (χ3v) is 9.99. The minimum Gasteiger partial charge on any atom is -0.481 e. The van der Waals surface area contributed by atoms with Crippen molar-refractivity contribution in [2.75, 3.05) is 12.8 Å². The predicted molar refractivity (Wildman–Crippen MR) is 153 cm³/mol. The summed E-state index contributed by atoms with van der Waals surface area (Å²) in [5.41, 5.74) is 1.72. The molecule has 0 radical (unpaired) electrons. The van der Waals surface area contributed by atoms with Gasteiger partial charge in [0.2, 0.25) is 15.9 Å². The fourth-order valence-corrected chi connectivity index (χ4v) is 7.71. The van der Waals surface area contributed by atoms with E-state index in [1.807, 2.05) is 37.3 Å². The summed E-state index contributed by atoms with van der Waals surface area (Å²) in [6.45, 7) is 2.07. The lowest BCUT2D eigenvalue weighted by molar-refractivity contribution is -0.150. The molecule has 2 aromatic carbocycles. The van der Waals surface area contributed by atoms with E-state index < -0.39 is 33.2 Å². The van der Waals surface area contributed by atoms with Crippen molar-refractivity contribution in [2.45, 2.75) is 68.2 Å². The number of carbonyl (C=O) groups is 2. The van der Waals surface area contributed by atoms with Gasteiger partial charge >= 0.3 is 5.97 Å². The van der Waals surface area contributed by atoms with Crippen molar-refractivity contribution in [1.29, 1.82) is 0 Å². The van der Waals surface area contributed by atoms with Crippen molar-refractivity contribution < 1.29 is 23.1 Å². The zero-order valence-corrected chi connectivity index (χ0v) is 24.9. The summed E-state index contributed by atoms with van der Waals surface area (Å²) in [4.78, 5) is 28.0. The normalized spacial score (nSPS) is 25.0. The van der Waals surface area contributed by atoms with Crippen molar-refractivity contribution in [3.8, 4) is 0 Å². The number of nitrogens with zero attached hydrogens (tertiary/aromatic N) is 2. The van der Waals surface area contributed by atoms with Gasteiger partial charge in [-0.3, -0.25) is 9.59 Å². The third-order valence-electron chi connectivity index (χ3n) is 7.52. The van der Waals surface area contributed by atoms with Crippen molar-refractivity contribution in [2.24, 2.45) is 0 Å². The van der Waals surface area contributed by atoms with E-state index in [0.717, 1.165) is 24.0 Å². The molecule has 1 aliphatic heterocycles. The molecule has 1 N–H and O–H groups in total. The number of carboxylic acids is 1. The number of rotatable bonds is 10. The van der Waals surface area contributed by atoms with Crippen LogP contribution in [0.15, 0.2) is 48.5 Å². The Morgan fingerprint density at radius 2 is 1.82 bits per heavy atom. The van der Waals surface area contributed by atoms with Gasteiger partial charge in [-0.15, -0.1) is 9.24 Å². The fraction of sp³-hybridized carbons (Fsp3) is 0.481. The van der Waals surface area contributed by atoms with Crippen LogP contribution in [0.25, 0.3) is 0 Å². The van der Waals surface area contributed by atoms with E-state index in [2.05, 4.69) is 9.24 Å². The highest BCUT2D eigenvalue weighted by Crippen LogP contribution is 2.52. The number of halogens is 2. The summed E-state index contributed by atoms with van der Waals surface area (Å²) in [6.07, 6.45) is 3.16. The predicted octanol–water partition coefficient (Wildman–Crippen LogP) is 5.34. The van der Waals surface area contributed by atoms with E-state index in [1.165, 1.54) is 10.6 Å². The van der Waals surface area contributed by atoms with Crippen molar-refractivity contribution in [3.63, 3.8) is 0 Å². The first-order valence-corrected chi connectivity index (χ1v) is 15.8. The smallest absolute Gasteiger partial charge is 0.304 e. The maximum absolute atomic E-state index is 14.3. The number of sulfonamides is 1. The minimum atomic E-state index is -3.51. The molecule has 206 valence electrons. The lowest BCUT2D eigenvalue weighted by Crippen LogP contribution is -2.60. The molecule has 1 amide bonds. The quantitative estimate of drug-likeness (QED) is 0.372. The maximum Gasteiger partial charge on any atom is 0.304 e. The number of carbonyl (C=O) groups excluding carboxylic acids is 1. The number of likely N-dealkylation sites (tertiary alicyclic amines) is 1. The molecular formula is C27H33Cl2N2O5PS. The second-order valence-corrected chi connectivity index (χ2v) is 14.3. The average molecular weight is 600 g/mol. The molecule has 11 heteroatoms. The van der Waals surface area contributed by atoms with E-state index in [1.54, 1.807) is 23.1 Å². The van der Waals surface area contributed by atoms with Gasteiger partial charge in [0.25, 0.3) is 0 Å². The average Bonchev–Trinajstić information content (AvgIpc) is 3.66. The lowest BCUT2D eigenvalue weighted by atomic mass is 9.73. The molecule has 2 aliphatic rings. The van der Waals surface area contributed by atoms with Crippen molar-refractivity contribution in [3.05, 3.63) is 69.7 Å². The second-order valence-electron chi connectivity index (χ2n) is 10.4. The van der Waals surface area contributed by atoms with Gasteiger partial charge in [-0.2, -0.15) is 4.31 Å². The van der Waals surface area contributed by atoms with Crippen LogP contribution in [0, 0.1) is 0 Å².